The molecule has 7 nitrogen and oxygen atoms in total. The lowest BCUT2D eigenvalue weighted by Crippen LogP contribution is -2.43. The lowest BCUT2D eigenvalue weighted by Gasteiger charge is -2.31. The van der Waals surface area contributed by atoms with Gasteiger partial charge in [0.25, 0.3) is 5.69 Å². The van der Waals surface area contributed by atoms with Gasteiger partial charge in [-0.05, 0) is 50.5 Å². The van der Waals surface area contributed by atoms with Gasteiger partial charge in [-0.1, -0.05) is 42.0 Å². The van der Waals surface area contributed by atoms with Crippen molar-refractivity contribution >= 4 is 15.7 Å². The zero-order valence-corrected chi connectivity index (χ0v) is 18.9. The second kappa shape index (κ2) is 10.4. The molecule has 0 spiro atoms. The molecule has 0 N–H and O–H groups in total. The Morgan fingerprint density at radius 3 is 2.26 bits per heavy atom. The summed E-state index contributed by atoms with van der Waals surface area (Å²) in [4.78, 5) is 10.5. The molecule has 0 aliphatic rings. The van der Waals surface area contributed by atoms with Gasteiger partial charge in [0.1, 0.15) is 5.75 Å². The van der Waals surface area contributed by atoms with Crippen molar-refractivity contribution in [1.82, 2.24) is 4.31 Å². The van der Waals surface area contributed by atoms with Gasteiger partial charge < -0.3 is 4.74 Å². The molecule has 1 atom stereocenters. The fourth-order valence-corrected chi connectivity index (χ4v) is 5.03. The second-order valence-electron chi connectivity index (χ2n) is 7.46. The third-order valence-electron chi connectivity index (χ3n) is 4.91. The Balaban J connectivity index is 2.54. The van der Waals surface area contributed by atoms with Crippen molar-refractivity contribution in [1.29, 1.82) is 0 Å². The maximum atomic E-state index is 13.6. The first kappa shape index (κ1) is 24.3. The van der Waals surface area contributed by atoms with Crippen LogP contribution in [0.15, 0.2) is 77.7 Å². The fraction of sp³-hybridized carbons (Fsp3) is 0.304. The van der Waals surface area contributed by atoms with E-state index in [9.17, 15) is 18.5 Å². The largest absolute Gasteiger partial charge is 0.497 e. The van der Waals surface area contributed by atoms with Crippen molar-refractivity contribution in [2.24, 2.45) is 0 Å². The summed E-state index contributed by atoms with van der Waals surface area (Å²) in [5.41, 5.74) is 1.90. The number of hydrogen-bond donors (Lipinski definition) is 0. The van der Waals surface area contributed by atoms with Gasteiger partial charge in [0.15, 0.2) is 4.90 Å². The highest BCUT2D eigenvalue weighted by Gasteiger charge is 2.36. The van der Waals surface area contributed by atoms with Crippen molar-refractivity contribution < 1.29 is 18.1 Å². The highest BCUT2D eigenvalue weighted by molar-refractivity contribution is 7.89. The van der Waals surface area contributed by atoms with E-state index in [0.29, 0.717) is 24.2 Å². The highest BCUT2D eigenvalue weighted by Crippen LogP contribution is 2.30. The van der Waals surface area contributed by atoms with Crippen molar-refractivity contribution in [3.05, 3.63) is 88.5 Å². The van der Waals surface area contributed by atoms with Crippen LogP contribution >= 0.6 is 0 Å². The molecule has 166 valence electrons. The van der Waals surface area contributed by atoms with E-state index >= 15 is 0 Å². The Hall–Kier alpha value is -2.97. The Morgan fingerprint density at radius 1 is 1.13 bits per heavy atom. The Labute approximate surface area is 183 Å². The van der Waals surface area contributed by atoms with E-state index in [1.54, 1.807) is 26.2 Å². The molecule has 0 aliphatic heterocycles. The summed E-state index contributed by atoms with van der Waals surface area (Å²) in [7, 11) is -2.61. The molecule has 31 heavy (non-hydrogen) atoms. The van der Waals surface area contributed by atoms with Crippen LogP contribution in [0.3, 0.4) is 0 Å². The predicted octanol–water partition coefficient (Wildman–Crippen LogP) is 4.75. The lowest BCUT2D eigenvalue weighted by atomic mass is 10.0. The SMILES string of the molecule is C=C(C)CCN(C(Cc1ccc(OC)cc1)C(=C)C)S(=O)(=O)c1ccccc1[N+](=O)[O-]. The zero-order chi connectivity index (χ0) is 23.2. The molecule has 0 saturated carbocycles. The summed E-state index contributed by atoms with van der Waals surface area (Å²) >= 11 is 0. The summed E-state index contributed by atoms with van der Waals surface area (Å²) in [6, 6.07) is 12.1. The van der Waals surface area contributed by atoms with Crippen molar-refractivity contribution in [3.8, 4) is 5.75 Å². The van der Waals surface area contributed by atoms with Crippen LogP contribution in [-0.2, 0) is 16.4 Å². The molecule has 0 saturated heterocycles. The fourth-order valence-electron chi connectivity index (χ4n) is 3.20. The summed E-state index contributed by atoms with van der Waals surface area (Å²) < 4.78 is 33.8. The van der Waals surface area contributed by atoms with Crippen LogP contribution < -0.4 is 4.74 Å². The smallest absolute Gasteiger partial charge is 0.289 e. The van der Waals surface area contributed by atoms with E-state index in [1.165, 1.54) is 28.6 Å². The first-order chi connectivity index (χ1) is 14.6. The first-order valence-electron chi connectivity index (χ1n) is 9.76. The van der Waals surface area contributed by atoms with Crippen LogP contribution in [0.25, 0.3) is 0 Å². The third-order valence-corrected chi connectivity index (χ3v) is 6.87. The normalized spacial score (nSPS) is 12.4. The van der Waals surface area contributed by atoms with Gasteiger partial charge in [-0.25, -0.2) is 8.42 Å². The van der Waals surface area contributed by atoms with Gasteiger partial charge >= 0.3 is 0 Å². The van der Waals surface area contributed by atoms with Gasteiger partial charge in [0.2, 0.25) is 10.0 Å². The number of hydrogen-bond acceptors (Lipinski definition) is 5. The van der Waals surface area contributed by atoms with Crippen LogP contribution in [0, 0.1) is 10.1 Å². The van der Waals surface area contributed by atoms with E-state index < -0.39 is 26.7 Å². The summed E-state index contributed by atoms with van der Waals surface area (Å²) in [6.07, 6.45) is 0.793. The van der Waals surface area contributed by atoms with E-state index in [1.807, 2.05) is 19.1 Å². The zero-order valence-electron chi connectivity index (χ0n) is 18.1. The number of methoxy groups -OCH3 is 1. The van der Waals surface area contributed by atoms with Gasteiger partial charge in [-0.3, -0.25) is 10.1 Å². The molecule has 2 aromatic carbocycles. The van der Waals surface area contributed by atoms with Crippen LogP contribution in [-0.4, -0.2) is 37.3 Å². The Kier molecular flexibility index (Phi) is 8.13. The third kappa shape index (κ3) is 6.02. The maximum Gasteiger partial charge on any atom is 0.289 e. The van der Waals surface area contributed by atoms with Crippen LogP contribution in [0.5, 0.6) is 5.75 Å². The monoisotopic (exact) mass is 444 g/mol. The average molecular weight is 445 g/mol. The number of nitrogens with zero attached hydrogens (tertiary/aromatic N) is 2. The van der Waals surface area contributed by atoms with E-state index in [2.05, 4.69) is 13.2 Å². The number of para-hydroxylation sites is 1. The molecular formula is C23H28N2O5S. The van der Waals surface area contributed by atoms with Gasteiger partial charge in [-0.15, -0.1) is 6.58 Å². The van der Waals surface area contributed by atoms with Crippen LogP contribution in [0.4, 0.5) is 5.69 Å². The lowest BCUT2D eigenvalue weighted by molar-refractivity contribution is -0.387. The first-order valence-corrected chi connectivity index (χ1v) is 11.2. The molecule has 1 unspecified atom stereocenters. The average Bonchev–Trinajstić information content (AvgIpc) is 2.73. The molecule has 0 radical (unpaired) electrons. The van der Waals surface area contributed by atoms with E-state index in [0.717, 1.165) is 11.1 Å². The topological polar surface area (TPSA) is 89.8 Å². The summed E-state index contributed by atoms with van der Waals surface area (Å²) in [5, 5.41) is 11.5. The van der Waals surface area contributed by atoms with E-state index in [-0.39, 0.29) is 11.4 Å². The molecule has 0 amide bonds. The minimum atomic E-state index is -4.18. The Morgan fingerprint density at radius 2 is 1.74 bits per heavy atom. The standard InChI is InChI=1S/C23H28N2O5S/c1-17(2)14-15-24(31(28,29)23-9-7-6-8-21(23)25(26)27)22(18(3)4)16-19-10-12-20(30-5)13-11-19/h6-13,22H,1,3,14-16H2,2,4-5H3. The minimum absolute atomic E-state index is 0.136. The molecule has 0 bridgehead atoms. The molecular weight excluding hydrogens is 416 g/mol. The number of nitro groups is 1. The van der Waals surface area contributed by atoms with Gasteiger partial charge in [0.05, 0.1) is 12.0 Å². The van der Waals surface area contributed by atoms with Crippen molar-refractivity contribution in [2.45, 2.75) is 37.6 Å². The summed E-state index contributed by atoms with van der Waals surface area (Å²) in [5.74, 6) is 0.697. The highest BCUT2D eigenvalue weighted by atomic mass is 32.2. The molecule has 0 heterocycles. The molecule has 0 aromatic heterocycles. The predicted molar refractivity (Wildman–Crippen MR) is 122 cm³/mol. The van der Waals surface area contributed by atoms with E-state index in [4.69, 9.17) is 4.74 Å². The number of sulfonamides is 1. The number of nitro benzene ring substituents is 1. The van der Waals surface area contributed by atoms with Crippen molar-refractivity contribution in [3.63, 3.8) is 0 Å². The molecule has 2 aromatic rings. The van der Waals surface area contributed by atoms with Gasteiger partial charge in [0, 0.05) is 18.7 Å². The summed E-state index contributed by atoms with van der Waals surface area (Å²) in [6.45, 7) is 11.6. The Bertz CT molecular complexity index is 1060. The van der Waals surface area contributed by atoms with Gasteiger partial charge in [-0.2, -0.15) is 4.31 Å². The second-order valence-corrected chi connectivity index (χ2v) is 9.32. The molecule has 0 aliphatic carbocycles. The quantitative estimate of drug-likeness (QED) is 0.283. The molecule has 8 heteroatoms. The molecule has 0 fully saturated rings. The maximum absolute atomic E-state index is 13.6. The number of rotatable bonds is 11. The van der Waals surface area contributed by atoms with Crippen LogP contribution in [0.1, 0.15) is 25.8 Å². The molecule has 2 rings (SSSR count). The van der Waals surface area contributed by atoms with Crippen molar-refractivity contribution in [2.75, 3.05) is 13.7 Å². The van der Waals surface area contributed by atoms with Crippen LogP contribution in [0.2, 0.25) is 0 Å². The number of ether oxygens (including phenoxy) is 1. The number of benzene rings is 2. The minimum Gasteiger partial charge on any atom is -0.497 e.